The van der Waals surface area contributed by atoms with Gasteiger partial charge in [0.15, 0.2) is 5.78 Å². The van der Waals surface area contributed by atoms with Crippen LogP contribution in [0.2, 0.25) is 0 Å². The van der Waals surface area contributed by atoms with Crippen molar-refractivity contribution in [3.8, 4) is 0 Å². The van der Waals surface area contributed by atoms with Crippen LogP contribution in [0.1, 0.15) is 42.9 Å². The van der Waals surface area contributed by atoms with Crippen LogP contribution in [0.15, 0.2) is 12.1 Å². The van der Waals surface area contributed by atoms with Crippen LogP contribution in [-0.4, -0.2) is 16.0 Å². The molecule has 0 radical (unpaired) electrons. The number of carbonyl (C=O) groups excluding carboxylic acids is 1. The molecule has 0 spiro atoms. The third-order valence-corrected chi connectivity index (χ3v) is 1.64. The summed E-state index contributed by atoms with van der Waals surface area (Å²) in [7, 11) is 0. The molecule has 0 aliphatic heterocycles. The van der Waals surface area contributed by atoms with Gasteiger partial charge in [-0.25, -0.2) is 0 Å². The Kier molecular flexibility index (Phi) is 2.53. The Labute approximate surface area is 71.8 Å². The van der Waals surface area contributed by atoms with E-state index in [2.05, 4.69) is 10.2 Å². The topological polar surface area (TPSA) is 42.9 Å². The third-order valence-electron chi connectivity index (χ3n) is 1.64. The molecule has 12 heavy (non-hydrogen) atoms. The number of nitrogens with zero attached hydrogens (tertiary/aromatic N) is 2. The van der Waals surface area contributed by atoms with Crippen molar-refractivity contribution in [1.29, 1.82) is 0 Å². The van der Waals surface area contributed by atoms with Gasteiger partial charge in [0.05, 0.1) is 5.69 Å². The maximum absolute atomic E-state index is 10.8. The highest BCUT2D eigenvalue weighted by Crippen LogP contribution is 2.09. The zero-order valence-electron chi connectivity index (χ0n) is 7.53. The van der Waals surface area contributed by atoms with Crippen molar-refractivity contribution in [1.82, 2.24) is 10.2 Å². The SMILES string of the molecule is CC(=O)c1ccc(C(C)C)nn1. The fraction of sp³-hybridized carbons (Fsp3) is 0.444. The highest BCUT2D eigenvalue weighted by Gasteiger charge is 2.04. The van der Waals surface area contributed by atoms with Crippen molar-refractivity contribution in [2.45, 2.75) is 26.7 Å². The van der Waals surface area contributed by atoms with E-state index >= 15 is 0 Å². The van der Waals surface area contributed by atoms with Crippen LogP contribution in [0.4, 0.5) is 0 Å². The number of hydrogen-bond donors (Lipinski definition) is 0. The van der Waals surface area contributed by atoms with Gasteiger partial charge in [-0.15, -0.1) is 5.10 Å². The van der Waals surface area contributed by atoms with Crippen LogP contribution in [0.3, 0.4) is 0 Å². The van der Waals surface area contributed by atoms with E-state index in [1.165, 1.54) is 6.92 Å². The van der Waals surface area contributed by atoms with E-state index in [0.29, 0.717) is 11.6 Å². The smallest absolute Gasteiger partial charge is 0.180 e. The van der Waals surface area contributed by atoms with Crippen LogP contribution in [-0.2, 0) is 0 Å². The second-order valence-electron chi connectivity index (χ2n) is 3.05. The molecule has 1 aromatic rings. The summed E-state index contributed by atoms with van der Waals surface area (Å²) in [5.74, 6) is 0.316. The lowest BCUT2D eigenvalue weighted by Gasteiger charge is -2.01. The molecule has 0 bridgehead atoms. The summed E-state index contributed by atoms with van der Waals surface area (Å²) in [6.45, 7) is 5.56. The molecule has 0 aliphatic rings. The summed E-state index contributed by atoms with van der Waals surface area (Å²) in [6, 6.07) is 3.55. The first-order chi connectivity index (χ1) is 5.61. The largest absolute Gasteiger partial charge is 0.293 e. The van der Waals surface area contributed by atoms with Gasteiger partial charge in [-0.1, -0.05) is 13.8 Å². The van der Waals surface area contributed by atoms with E-state index in [4.69, 9.17) is 0 Å². The van der Waals surface area contributed by atoms with Gasteiger partial charge in [-0.05, 0) is 18.1 Å². The van der Waals surface area contributed by atoms with E-state index in [0.717, 1.165) is 5.69 Å². The summed E-state index contributed by atoms with van der Waals surface area (Å²) in [5, 5.41) is 7.73. The Hall–Kier alpha value is -1.25. The first kappa shape index (κ1) is 8.84. The Morgan fingerprint density at radius 2 is 2.00 bits per heavy atom. The standard InChI is InChI=1S/C9H12N2O/c1-6(2)8-4-5-9(7(3)12)11-10-8/h4-6H,1-3H3. The predicted octanol–water partition coefficient (Wildman–Crippen LogP) is 1.80. The lowest BCUT2D eigenvalue weighted by molar-refractivity contribution is 0.101. The number of ketones is 1. The van der Waals surface area contributed by atoms with E-state index in [9.17, 15) is 4.79 Å². The van der Waals surface area contributed by atoms with Crippen LogP contribution < -0.4 is 0 Å². The number of Topliss-reactive ketones (excluding diaryl/α,β-unsaturated/α-hetero) is 1. The molecule has 1 aromatic heterocycles. The average Bonchev–Trinajstić information content (AvgIpc) is 2.04. The minimum absolute atomic E-state index is 0.0437. The van der Waals surface area contributed by atoms with Crippen LogP contribution in [0.5, 0.6) is 0 Å². The van der Waals surface area contributed by atoms with Gasteiger partial charge in [0, 0.05) is 6.92 Å². The average molecular weight is 164 g/mol. The van der Waals surface area contributed by atoms with Gasteiger partial charge in [0.25, 0.3) is 0 Å². The number of rotatable bonds is 2. The van der Waals surface area contributed by atoms with E-state index in [-0.39, 0.29) is 5.78 Å². The molecule has 3 nitrogen and oxygen atoms in total. The second kappa shape index (κ2) is 3.43. The molecule has 0 saturated carbocycles. The number of hydrogen-bond acceptors (Lipinski definition) is 3. The minimum atomic E-state index is -0.0437. The number of carbonyl (C=O) groups is 1. The molecule has 0 aromatic carbocycles. The molecule has 0 fully saturated rings. The normalized spacial score (nSPS) is 10.3. The molecular formula is C9H12N2O. The van der Waals surface area contributed by atoms with Gasteiger partial charge in [0.2, 0.25) is 0 Å². The third kappa shape index (κ3) is 1.87. The van der Waals surface area contributed by atoms with E-state index < -0.39 is 0 Å². The summed E-state index contributed by atoms with van der Waals surface area (Å²) in [4.78, 5) is 10.8. The van der Waals surface area contributed by atoms with Crippen LogP contribution in [0, 0.1) is 0 Å². The molecule has 64 valence electrons. The van der Waals surface area contributed by atoms with Crippen molar-refractivity contribution in [2.24, 2.45) is 0 Å². The Morgan fingerprint density at radius 3 is 2.33 bits per heavy atom. The van der Waals surface area contributed by atoms with E-state index in [1.807, 2.05) is 19.9 Å². The quantitative estimate of drug-likeness (QED) is 0.626. The summed E-state index contributed by atoms with van der Waals surface area (Å²) in [5.41, 5.74) is 1.35. The molecule has 0 N–H and O–H groups in total. The van der Waals surface area contributed by atoms with Gasteiger partial charge >= 0.3 is 0 Å². The molecule has 1 rings (SSSR count). The van der Waals surface area contributed by atoms with Gasteiger partial charge in [0.1, 0.15) is 5.69 Å². The number of aromatic nitrogens is 2. The van der Waals surface area contributed by atoms with Crippen molar-refractivity contribution in [2.75, 3.05) is 0 Å². The van der Waals surface area contributed by atoms with Crippen molar-refractivity contribution in [3.05, 3.63) is 23.5 Å². The second-order valence-corrected chi connectivity index (χ2v) is 3.05. The first-order valence-electron chi connectivity index (χ1n) is 3.96. The van der Waals surface area contributed by atoms with E-state index in [1.54, 1.807) is 6.07 Å². The molecule has 1 heterocycles. The zero-order chi connectivity index (χ0) is 9.14. The molecule has 3 heteroatoms. The predicted molar refractivity (Wildman–Crippen MR) is 46.1 cm³/mol. The highest BCUT2D eigenvalue weighted by molar-refractivity contribution is 5.91. The Balaban J connectivity index is 2.93. The summed E-state index contributed by atoms with van der Waals surface area (Å²) in [6.07, 6.45) is 0. The Morgan fingerprint density at radius 1 is 1.33 bits per heavy atom. The minimum Gasteiger partial charge on any atom is -0.293 e. The molecule has 0 unspecified atom stereocenters. The zero-order valence-corrected chi connectivity index (χ0v) is 7.53. The maximum atomic E-state index is 10.8. The monoisotopic (exact) mass is 164 g/mol. The highest BCUT2D eigenvalue weighted by atomic mass is 16.1. The fourth-order valence-electron chi connectivity index (χ4n) is 0.838. The molecule has 0 atom stereocenters. The van der Waals surface area contributed by atoms with Crippen LogP contribution in [0.25, 0.3) is 0 Å². The Bertz CT molecular complexity index is 277. The molecular weight excluding hydrogens is 152 g/mol. The van der Waals surface area contributed by atoms with Crippen LogP contribution >= 0.6 is 0 Å². The van der Waals surface area contributed by atoms with Gasteiger partial charge < -0.3 is 0 Å². The van der Waals surface area contributed by atoms with Gasteiger partial charge in [-0.2, -0.15) is 5.10 Å². The summed E-state index contributed by atoms with van der Waals surface area (Å²) < 4.78 is 0. The first-order valence-corrected chi connectivity index (χ1v) is 3.96. The maximum Gasteiger partial charge on any atom is 0.180 e. The van der Waals surface area contributed by atoms with Crippen molar-refractivity contribution in [3.63, 3.8) is 0 Å². The van der Waals surface area contributed by atoms with Crippen molar-refractivity contribution >= 4 is 5.78 Å². The molecule has 0 aliphatic carbocycles. The fourth-order valence-corrected chi connectivity index (χ4v) is 0.838. The summed E-state index contributed by atoms with van der Waals surface area (Å²) >= 11 is 0. The van der Waals surface area contributed by atoms with Gasteiger partial charge in [-0.3, -0.25) is 4.79 Å². The molecule has 0 amide bonds. The van der Waals surface area contributed by atoms with Crippen molar-refractivity contribution < 1.29 is 4.79 Å². The lowest BCUT2D eigenvalue weighted by atomic mass is 10.1. The molecule has 0 saturated heterocycles. The lowest BCUT2D eigenvalue weighted by Crippen LogP contribution is -2.01.